The van der Waals surface area contributed by atoms with Gasteiger partial charge >= 0.3 is 0 Å². The van der Waals surface area contributed by atoms with Crippen LogP contribution in [0.3, 0.4) is 0 Å². The predicted octanol–water partition coefficient (Wildman–Crippen LogP) is 3.42. The molecule has 0 aliphatic rings. The molecule has 0 aliphatic carbocycles. The number of hydrogen-bond donors (Lipinski definition) is 1. The van der Waals surface area contributed by atoms with Gasteiger partial charge in [0.1, 0.15) is 12.1 Å². The Kier molecular flexibility index (Phi) is 3.27. The molecule has 4 aromatic rings. The summed E-state index contributed by atoms with van der Waals surface area (Å²) in [5.74, 6) is 1.52. The number of nitrogens with one attached hydrogen (secondary N) is 1. The minimum atomic E-state index is 0.653. The fourth-order valence-electron chi connectivity index (χ4n) is 2.52. The van der Waals surface area contributed by atoms with E-state index in [0.29, 0.717) is 12.6 Å². The summed E-state index contributed by atoms with van der Waals surface area (Å²) in [6.07, 6.45) is 1.66. The Labute approximate surface area is 132 Å². The molecule has 0 spiro atoms. The molecule has 0 saturated carbocycles. The Morgan fingerprint density at radius 2 is 1.91 bits per heavy atom. The van der Waals surface area contributed by atoms with E-state index >= 15 is 0 Å². The summed E-state index contributed by atoms with van der Waals surface area (Å²) in [4.78, 5) is 4.67. The number of anilines is 2. The average molecular weight is 305 g/mol. The molecule has 2 aromatic heterocycles. The van der Waals surface area contributed by atoms with Crippen LogP contribution >= 0.6 is 0 Å². The summed E-state index contributed by atoms with van der Waals surface area (Å²) in [6.45, 7) is 2.62. The molecule has 0 saturated heterocycles. The Bertz CT molecular complexity index is 962. The molecule has 4 rings (SSSR count). The molecule has 0 aliphatic heterocycles. The molecule has 0 radical (unpaired) electrons. The highest BCUT2D eigenvalue weighted by atomic mass is 16.5. The lowest BCUT2D eigenvalue weighted by atomic mass is 10.2. The summed E-state index contributed by atoms with van der Waals surface area (Å²) >= 11 is 0. The highest BCUT2D eigenvalue weighted by Gasteiger charge is 2.09. The first-order chi connectivity index (χ1) is 11.3. The number of para-hydroxylation sites is 1. The molecular weight excluding hydrogens is 290 g/mol. The molecule has 2 aromatic carbocycles. The molecule has 0 amide bonds. The Balaban J connectivity index is 1.76. The van der Waals surface area contributed by atoms with Crippen LogP contribution in [0, 0.1) is 0 Å². The number of nitrogens with zero attached hydrogens (tertiary/aromatic N) is 4. The Morgan fingerprint density at radius 3 is 2.74 bits per heavy atom. The fraction of sp³-hybridized carbons (Fsp3) is 0.118. The van der Waals surface area contributed by atoms with E-state index in [0.717, 1.165) is 28.0 Å². The van der Waals surface area contributed by atoms with Crippen LogP contribution in [-0.4, -0.2) is 26.2 Å². The van der Waals surface area contributed by atoms with Crippen molar-refractivity contribution in [3.05, 3.63) is 54.9 Å². The molecule has 1 N–H and O–H groups in total. The first-order valence-corrected chi connectivity index (χ1v) is 7.43. The lowest BCUT2D eigenvalue weighted by Crippen LogP contribution is -2.02. The van der Waals surface area contributed by atoms with E-state index in [1.807, 2.05) is 59.9 Å². The smallest absolute Gasteiger partial charge is 0.215 e. The van der Waals surface area contributed by atoms with Crippen molar-refractivity contribution in [1.29, 1.82) is 0 Å². The van der Waals surface area contributed by atoms with E-state index < -0.39 is 0 Å². The van der Waals surface area contributed by atoms with Crippen LogP contribution in [0.1, 0.15) is 6.92 Å². The largest absolute Gasteiger partial charge is 0.494 e. The maximum absolute atomic E-state index is 5.46. The van der Waals surface area contributed by atoms with E-state index in [4.69, 9.17) is 4.74 Å². The number of benzene rings is 2. The van der Waals surface area contributed by atoms with Gasteiger partial charge < -0.3 is 10.1 Å². The number of rotatable bonds is 4. The van der Waals surface area contributed by atoms with Crippen LogP contribution in [0.4, 0.5) is 11.6 Å². The van der Waals surface area contributed by atoms with Crippen molar-refractivity contribution in [2.75, 3.05) is 11.9 Å². The van der Waals surface area contributed by atoms with E-state index in [1.165, 1.54) is 0 Å². The zero-order valence-corrected chi connectivity index (χ0v) is 12.6. The lowest BCUT2D eigenvalue weighted by Gasteiger charge is -2.10. The van der Waals surface area contributed by atoms with Crippen LogP contribution in [0.25, 0.3) is 16.6 Å². The second kappa shape index (κ2) is 5.57. The van der Waals surface area contributed by atoms with E-state index in [1.54, 1.807) is 6.33 Å². The predicted molar refractivity (Wildman–Crippen MR) is 89.2 cm³/mol. The zero-order chi connectivity index (χ0) is 15.6. The van der Waals surface area contributed by atoms with Crippen molar-refractivity contribution in [3.8, 4) is 5.75 Å². The van der Waals surface area contributed by atoms with Crippen molar-refractivity contribution < 1.29 is 4.74 Å². The van der Waals surface area contributed by atoms with E-state index in [9.17, 15) is 0 Å². The van der Waals surface area contributed by atoms with Gasteiger partial charge in [-0.25, -0.2) is 4.98 Å². The van der Waals surface area contributed by atoms with Crippen LogP contribution in [-0.2, 0) is 0 Å². The number of hydrogen-bond acceptors (Lipinski definition) is 5. The molecule has 2 heterocycles. The third-order valence-electron chi connectivity index (χ3n) is 3.57. The normalized spacial score (nSPS) is 11.0. The molecule has 6 heteroatoms. The molecule has 0 atom stereocenters. The van der Waals surface area contributed by atoms with E-state index in [-0.39, 0.29) is 0 Å². The molecular formula is C17H15N5O. The van der Waals surface area contributed by atoms with Crippen LogP contribution in [0.15, 0.2) is 54.9 Å². The minimum absolute atomic E-state index is 0.653. The van der Waals surface area contributed by atoms with Crippen molar-refractivity contribution in [1.82, 2.24) is 19.6 Å². The quantitative estimate of drug-likeness (QED) is 0.626. The van der Waals surface area contributed by atoms with Gasteiger partial charge in [-0.15, -0.1) is 10.2 Å². The topological polar surface area (TPSA) is 64.3 Å². The van der Waals surface area contributed by atoms with Gasteiger partial charge in [0.05, 0.1) is 12.1 Å². The molecule has 0 unspecified atom stereocenters. The highest BCUT2D eigenvalue weighted by Crippen LogP contribution is 2.23. The van der Waals surface area contributed by atoms with Gasteiger partial charge in [-0.1, -0.05) is 12.1 Å². The Morgan fingerprint density at radius 1 is 1.09 bits per heavy atom. The second-order valence-corrected chi connectivity index (χ2v) is 5.06. The van der Waals surface area contributed by atoms with Crippen molar-refractivity contribution in [3.63, 3.8) is 0 Å². The van der Waals surface area contributed by atoms with Crippen molar-refractivity contribution in [2.45, 2.75) is 6.92 Å². The molecule has 0 fully saturated rings. The molecule has 6 nitrogen and oxygen atoms in total. The highest BCUT2D eigenvalue weighted by molar-refractivity contribution is 5.92. The minimum Gasteiger partial charge on any atom is -0.494 e. The number of fused-ring (bicyclic) bond motifs is 3. The lowest BCUT2D eigenvalue weighted by molar-refractivity contribution is 0.340. The first kappa shape index (κ1) is 13.5. The van der Waals surface area contributed by atoms with Gasteiger partial charge in [-0.05, 0) is 43.3 Å². The molecule has 0 bridgehead atoms. The van der Waals surface area contributed by atoms with Gasteiger partial charge in [0.25, 0.3) is 0 Å². The van der Waals surface area contributed by atoms with Crippen LogP contribution in [0.2, 0.25) is 0 Å². The Hall–Kier alpha value is -3.15. The standard InChI is InChI=1S/C17H15N5O/c1-2-23-13-9-7-12(8-10-13)19-17-20-15-6-4-3-5-14(15)16-21-18-11-22(16)17/h3-11H,2H2,1H3,(H,19,20). The van der Waals surface area contributed by atoms with Crippen LogP contribution in [0.5, 0.6) is 5.75 Å². The number of ether oxygens (including phenoxy) is 1. The van der Waals surface area contributed by atoms with Gasteiger partial charge in [0, 0.05) is 11.1 Å². The summed E-state index contributed by atoms with van der Waals surface area (Å²) in [6, 6.07) is 15.7. The fourth-order valence-corrected chi connectivity index (χ4v) is 2.52. The van der Waals surface area contributed by atoms with Gasteiger partial charge in [-0.2, -0.15) is 0 Å². The van der Waals surface area contributed by atoms with Gasteiger partial charge in [-0.3, -0.25) is 4.40 Å². The second-order valence-electron chi connectivity index (χ2n) is 5.06. The summed E-state index contributed by atoms with van der Waals surface area (Å²) in [5.41, 5.74) is 2.58. The summed E-state index contributed by atoms with van der Waals surface area (Å²) in [7, 11) is 0. The monoisotopic (exact) mass is 305 g/mol. The average Bonchev–Trinajstić information content (AvgIpc) is 3.07. The maximum Gasteiger partial charge on any atom is 0.215 e. The molecule has 114 valence electrons. The zero-order valence-electron chi connectivity index (χ0n) is 12.6. The first-order valence-electron chi connectivity index (χ1n) is 7.43. The van der Waals surface area contributed by atoms with Gasteiger partial charge in [0.2, 0.25) is 5.95 Å². The third kappa shape index (κ3) is 2.44. The number of aromatic nitrogens is 4. The van der Waals surface area contributed by atoms with E-state index in [2.05, 4.69) is 20.5 Å². The van der Waals surface area contributed by atoms with Crippen LogP contribution < -0.4 is 10.1 Å². The molecule has 23 heavy (non-hydrogen) atoms. The van der Waals surface area contributed by atoms with Gasteiger partial charge in [0.15, 0.2) is 5.65 Å². The van der Waals surface area contributed by atoms with Crippen molar-refractivity contribution >= 4 is 28.2 Å². The SMILES string of the molecule is CCOc1ccc(Nc2nc3ccccc3c3nncn23)cc1. The van der Waals surface area contributed by atoms with Crippen molar-refractivity contribution in [2.24, 2.45) is 0 Å². The maximum atomic E-state index is 5.46. The summed E-state index contributed by atoms with van der Waals surface area (Å²) in [5, 5.41) is 12.5. The summed E-state index contributed by atoms with van der Waals surface area (Å²) < 4.78 is 7.30. The third-order valence-corrected chi connectivity index (χ3v) is 3.57.